The lowest BCUT2D eigenvalue weighted by atomic mass is 9.86. The number of para-hydroxylation sites is 1. The molecule has 0 aromatic heterocycles. The molecule has 2 aliphatic rings. The third kappa shape index (κ3) is 2.00. The second-order valence-corrected chi connectivity index (χ2v) is 5.70. The number of carboxylic acid groups (broad SMARTS) is 1. The summed E-state index contributed by atoms with van der Waals surface area (Å²) in [7, 11) is 0. The number of nitrogens with zero attached hydrogens (tertiary/aromatic N) is 1. The Morgan fingerprint density at radius 3 is 3.00 bits per heavy atom. The van der Waals surface area contributed by atoms with Crippen LogP contribution in [0, 0.1) is 5.41 Å². The van der Waals surface area contributed by atoms with Gasteiger partial charge >= 0.3 is 5.97 Å². The van der Waals surface area contributed by atoms with Gasteiger partial charge in [-0.15, -0.1) is 0 Å². The lowest BCUT2D eigenvalue weighted by Gasteiger charge is -2.33. The maximum absolute atomic E-state index is 11.6. The van der Waals surface area contributed by atoms with Crippen molar-refractivity contribution in [3.8, 4) is 0 Å². The van der Waals surface area contributed by atoms with Crippen LogP contribution in [0.3, 0.4) is 0 Å². The van der Waals surface area contributed by atoms with E-state index in [0.29, 0.717) is 32.2 Å². The van der Waals surface area contributed by atoms with Gasteiger partial charge in [-0.05, 0) is 31.4 Å². The molecule has 1 aromatic carbocycles. The van der Waals surface area contributed by atoms with E-state index in [9.17, 15) is 9.90 Å². The Kier molecular flexibility index (Phi) is 2.97. The third-order valence-electron chi connectivity index (χ3n) is 4.38. The molecule has 0 spiro atoms. The van der Waals surface area contributed by atoms with E-state index >= 15 is 0 Å². The van der Waals surface area contributed by atoms with Crippen molar-refractivity contribution in [2.45, 2.75) is 25.8 Å². The Bertz CT molecular complexity index is 494. The molecule has 3 rings (SSSR count). The Labute approximate surface area is 113 Å². The topological polar surface area (TPSA) is 49.8 Å². The molecule has 1 aromatic rings. The number of hydrogen-bond donors (Lipinski definition) is 1. The van der Waals surface area contributed by atoms with Gasteiger partial charge in [-0.3, -0.25) is 4.79 Å². The molecule has 1 fully saturated rings. The summed E-state index contributed by atoms with van der Waals surface area (Å²) in [5.41, 5.74) is 1.75. The van der Waals surface area contributed by atoms with E-state index in [1.54, 1.807) is 0 Å². The largest absolute Gasteiger partial charge is 0.481 e. The van der Waals surface area contributed by atoms with Crippen molar-refractivity contribution < 1.29 is 14.6 Å². The molecule has 0 radical (unpaired) electrons. The van der Waals surface area contributed by atoms with E-state index in [2.05, 4.69) is 24.0 Å². The van der Waals surface area contributed by atoms with Crippen molar-refractivity contribution in [1.82, 2.24) is 0 Å². The maximum atomic E-state index is 11.6. The minimum atomic E-state index is -0.744. The number of rotatable bonds is 3. The third-order valence-corrected chi connectivity index (χ3v) is 4.38. The first-order chi connectivity index (χ1) is 9.12. The Morgan fingerprint density at radius 1 is 1.53 bits per heavy atom. The molecule has 0 saturated carbocycles. The fourth-order valence-corrected chi connectivity index (χ4v) is 3.16. The fraction of sp³-hybridized carbons (Fsp3) is 0.533. The highest BCUT2D eigenvalue weighted by Gasteiger charge is 2.45. The maximum Gasteiger partial charge on any atom is 0.313 e. The lowest BCUT2D eigenvalue weighted by molar-refractivity contribution is -0.148. The van der Waals surface area contributed by atoms with Gasteiger partial charge in [0.2, 0.25) is 0 Å². The van der Waals surface area contributed by atoms with Crippen molar-refractivity contribution in [2.75, 3.05) is 24.7 Å². The van der Waals surface area contributed by atoms with Crippen LogP contribution in [0.15, 0.2) is 24.3 Å². The van der Waals surface area contributed by atoms with E-state index in [0.717, 1.165) is 6.42 Å². The highest BCUT2D eigenvalue weighted by Crippen LogP contribution is 2.37. The highest BCUT2D eigenvalue weighted by molar-refractivity contribution is 5.76. The van der Waals surface area contributed by atoms with Gasteiger partial charge < -0.3 is 14.7 Å². The number of carbonyl (C=O) groups is 1. The molecule has 0 amide bonds. The first-order valence-electron chi connectivity index (χ1n) is 6.78. The molecular formula is C15H19NO3. The minimum Gasteiger partial charge on any atom is -0.481 e. The SMILES string of the molecule is CC1Cc2ccccc2N1CC1(C(=O)O)CCOC1. The second kappa shape index (κ2) is 4.53. The van der Waals surface area contributed by atoms with E-state index in [4.69, 9.17) is 4.74 Å². The second-order valence-electron chi connectivity index (χ2n) is 5.70. The van der Waals surface area contributed by atoms with Crippen LogP contribution in [-0.2, 0) is 16.0 Å². The van der Waals surface area contributed by atoms with Crippen LogP contribution in [0.2, 0.25) is 0 Å². The smallest absolute Gasteiger partial charge is 0.313 e. The first-order valence-corrected chi connectivity index (χ1v) is 6.78. The van der Waals surface area contributed by atoms with Crippen molar-refractivity contribution >= 4 is 11.7 Å². The van der Waals surface area contributed by atoms with E-state index < -0.39 is 11.4 Å². The van der Waals surface area contributed by atoms with Crippen molar-refractivity contribution in [1.29, 1.82) is 0 Å². The Morgan fingerprint density at radius 2 is 2.32 bits per heavy atom. The monoisotopic (exact) mass is 261 g/mol. The summed E-state index contributed by atoms with van der Waals surface area (Å²) in [6, 6.07) is 8.63. The molecule has 2 aliphatic heterocycles. The van der Waals surface area contributed by atoms with E-state index in [1.807, 2.05) is 12.1 Å². The molecule has 2 atom stereocenters. The van der Waals surface area contributed by atoms with Gasteiger partial charge in [0.05, 0.1) is 6.61 Å². The Hall–Kier alpha value is -1.55. The Balaban J connectivity index is 1.89. The molecule has 2 unspecified atom stereocenters. The number of anilines is 1. The van der Waals surface area contributed by atoms with Gasteiger partial charge in [0.25, 0.3) is 0 Å². The van der Waals surface area contributed by atoms with Crippen LogP contribution in [0.25, 0.3) is 0 Å². The zero-order chi connectivity index (χ0) is 13.5. The number of aliphatic carboxylic acids is 1. The number of hydrogen-bond acceptors (Lipinski definition) is 3. The molecule has 1 N–H and O–H groups in total. The molecule has 2 heterocycles. The van der Waals surface area contributed by atoms with Gasteiger partial charge in [0.1, 0.15) is 5.41 Å². The number of ether oxygens (including phenoxy) is 1. The van der Waals surface area contributed by atoms with Gasteiger partial charge in [-0.25, -0.2) is 0 Å². The van der Waals surface area contributed by atoms with E-state index in [-0.39, 0.29) is 0 Å². The van der Waals surface area contributed by atoms with Crippen LogP contribution in [0.4, 0.5) is 5.69 Å². The predicted molar refractivity (Wildman–Crippen MR) is 72.5 cm³/mol. The van der Waals surface area contributed by atoms with Crippen molar-refractivity contribution in [2.24, 2.45) is 5.41 Å². The molecular weight excluding hydrogens is 242 g/mol. The lowest BCUT2D eigenvalue weighted by Crippen LogP contribution is -2.45. The number of benzene rings is 1. The highest BCUT2D eigenvalue weighted by atomic mass is 16.5. The predicted octanol–water partition coefficient (Wildman–Crippen LogP) is 1.93. The zero-order valence-electron chi connectivity index (χ0n) is 11.1. The first kappa shape index (κ1) is 12.5. The van der Waals surface area contributed by atoms with E-state index in [1.165, 1.54) is 11.3 Å². The summed E-state index contributed by atoms with van der Waals surface area (Å²) in [4.78, 5) is 13.9. The number of fused-ring (bicyclic) bond motifs is 1. The van der Waals surface area contributed by atoms with Gasteiger partial charge in [0, 0.05) is 24.9 Å². The van der Waals surface area contributed by atoms with Crippen LogP contribution >= 0.6 is 0 Å². The summed E-state index contributed by atoms with van der Waals surface area (Å²) in [6.45, 7) is 3.58. The zero-order valence-corrected chi connectivity index (χ0v) is 11.1. The normalized spacial score (nSPS) is 29.5. The standard InChI is InChI=1S/C15H19NO3/c1-11-8-12-4-2-3-5-13(12)16(11)9-15(14(17)18)6-7-19-10-15/h2-5,11H,6-10H2,1H3,(H,17,18). The van der Waals surface area contributed by atoms with Gasteiger partial charge in [-0.1, -0.05) is 18.2 Å². The molecule has 0 bridgehead atoms. The molecule has 4 heteroatoms. The summed E-state index contributed by atoms with van der Waals surface area (Å²) in [5, 5.41) is 9.55. The van der Waals surface area contributed by atoms with Crippen molar-refractivity contribution in [3.63, 3.8) is 0 Å². The average molecular weight is 261 g/mol. The molecule has 102 valence electrons. The van der Waals surface area contributed by atoms with Crippen LogP contribution in [0.1, 0.15) is 18.9 Å². The van der Waals surface area contributed by atoms with Gasteiger partial charge in [-0.2, -0.15) is 0 Å². The average Bonchev–Trinajstić information content (AvgIpc) is 2.97. The summed E-state index contributed by atoms with van der Waals surface area (Å²) in [5.74, 6) is -0.735. The summed E-state index contributed by atoms with van der Waals surface area (Å²) in [6.07, 6.45) is 1.60. The van der Waals surface area contributed by atoms with Crippen LogP contribution in [-0.4, -0.2) is 36.9 Å². The molecule has 19 heavy (non-hydrogen) atoms. The molecule has 4 nitrogen and oxygen atoms in total. The summed E-state index contributed by atoms with van der Waals surface area (Å²) >= 11 is 0. The fourth-order valence-electron chi connectivity index (χ4n) is 3.16. The quantitative estimate of drug-likeness (QED) is 0.903. The molecule has 0 aliphatic carbocycles. The summed E-state index contributed by atoms with van der Waals surface area (Å²) < 4.78 is 5.35. The van der Waals surface area contributed by atoms with Crippen LogP contribution < -0.4 is 4.90 Å². The van der Waals surface area contributed by atoms with Gasteiger partial charge in [0.15, 0.2) is 0 Å². The minimum absolute atomic E-state index is 0.327. The van der Waals surface area contributed by atoms with Crippen LogP contribution in [0.5, 0.6) is 0 Å². The molecule has 1 saturated heterocycles. The van der Waals surface area contributed by atoms with Crippen molar-refractivity contribution in [3.05, 3.63) is 29.8 Å². The number of carboxylic acids is 1.